The number of hydrogen-bond donors (Lipinski definition) is 2. The Labute approximate surface area is 115 Å². The highest BCUT2D eigenvalue weighted by Crippen LogP contribution is 2.21. The maximum Gasteiger partial charge on any atom is 0.184 e. The van der Waals surface area contributed by atoms with Gasteiger partial charge in [-0.2, -0.15) is 5.10 Å². The largest absolute Gasteiger partial charge is 0.375 e. The number of nitrogens with two attached hydrogens (primary N) is 1. The third-order valence-corrected chi connectivity index (χ3v) is 3.05. The fraction of sp³-hybridized carbons (Fsp3) is 0.0833. The summed E-state index contributed by atoms with van der Waals surface area (Å²) in [5, 5.41) is 7.17. The fourth-order valence-electron chi connectivity index (χ4n) is 1.44. The third kappa shape index (κ3) is 3.35. The minimum atomic E-state index is 0.150. The van der Waals surface area contributed by atoms with Gasteiger partial charge < -0.3 is 5.73 Å². The molecule has 0 unspecified atom stereocenters. The highest BCUT2D eigenvalue weighted by atomic mass is 32.1. The Morgan fingerprint density at radius 3 is 3.06 bits per heavy atom. The predicted octanol–water partition coefficient (Wildman–Crippen LogP) is 2.29. The van der Waals surface area contributed by atoms with Gasteiger partial charge in [-0.1, -0.05) is 18.2 Å². The van der Waals surface area contributed by atoms with Gasteiger partial charge in [-0.3, -0.25) is 5.43 Å². The number of aromatic nitrogens is 1. The average molecular weight is 276 g/mol. The number of thiazole rings is 1. The molecule has 3 N–H and O–H groups in total. The van der Waals surface area contributed by atoms with Crippen LogP contribution in [-0.2, 0) is 0 Å². The first-order chi connectivity index (χ1) is 8.65. The molecule has 0 spiro atoms. The van der Waals surface area contributed by atoms with Crippen molar-refractivity contribution in [2.75, 3.05) is 0 Å². The molecule has 6 heteroatoms. The molecule has 18 heavy (non-hydrogen) atoms. The zero-order chi connectivity index (χ0) is 13.0. The summed E-state index contributed by atoms with van der Waals surface area (Å²) in [6.07, 6.45) is 1.67. The first kappa shape index (κ1) is 12.7. The van der Waals surface area contributed by atoms with Gasteiger partial charge in [0.05, 0.1) is 16.9 Å². The molecule has 0 atom stereocenters. The summed E-state index contributed by atoms with van der Waals surface area (Å²) in [6, 6.07) is 7.95. The highest BCUT2D eigenvalue weighted by molar-refractivity contribution is 7.80. The van der Waals surface area contributed by atoms with Gasteiger partial charge in [0.25, 0.3) is 0 Å². The minimum Gasteiger partial charge on any atom is -0.375 e. The number of hydrogen-bond acceptors (Lipinski definition) is 4. The van der Waals surface area contributed by atoms with Crippen molar-refractivity contribution in [3.63, 3.8) is 0 Å². The van der Waals surface area contributed by atoms with Gasteiger partial charge in [0.15, 0.2) is 5.11 Å². The molecule has 0 saturated carbocycles. The van der Waals surface area contributed by atoms with Crippen LogP contribution < -0.4 is 11.2 Å². The summed E-state index contributed by atoms with van der Waals surface area (Å²) in [7, 11) is 0. The molecule has 0 aliphatic heterocycles. The van der Waals surface area contributed by atoms with Crippen molar-refractivity contribution in [1.29, 1.82) is 0 Å². The van der Waals surface area contributed by atoms with Crippen LogP contribution in [0.5, 0.6) is 0 Å². The molecule has 0 saturated heterocycles. The molecule has 92 valence electrons. The van der Waals surface area contributed by atoms with E-state index in [0.29, 0.717) is 0 Å². The van der Waals surface area contributed by atoms with Crippen molar-refractivity contribution in [3.05, 3.63) is 40.2 Å². The average Bonchev–Trinajstić information content (AvgIpc) is 2.76. The lowest BCUT2D eigenvalue weighted by molar-refractivity contribution is 1.04. The van der Waals surface area contributed by atoms with E-state index in [0.717, 1.165) is 21.8 Å². The topological polar surface area (TPSA) is 63.3 Å². The molecule has 1 heterocycles. The van der Waals surface area contributed by atoms with E-state index in [1.807, 2.05) is 36.6 Å². The zero-order valence-corrected chi connectivity index (χ0v) is 11.4. The lowest BCUT2D eigenvalue weighted by Gasteiger charge is -1.99. The summed E-state index contributed by atoms with van der Waals surface area (Å²) < 4.78 is 0. The van der Waals surface area contributed by atoms with E-state index in [9.17, 15) is 0 Å². The number of benzene rings is 1. The predicted molar refractivity (Wildman–Crippen MR) is 79.8 cm³/mol. The fourth-order valence-corrected chi connectivity index (χ4v) is 2.12. The number of hydrazone groups is 1. The van der Waals surface area contributed by atoms with Gasteiger partial charge in [-0.05, 0) is 30.8 Å². The first-order valence-electron chi connectivity index (χ1n) is 5.26. The number of thiocarbonyl (C=S) groups is 1. The van der Waals surface area contributed by atoms with E-state index in [1.54, 1.807) is 17.6 Å². The Kier molecular flexibility index (Phi) is 4.01. The van der Waals surface area contributed by atoms with Gasteiger partial charge >= 0.3 is 0 Å². The van der Waals surface area contributed by atoms with E-state index in [-0.39, 0.29) is 5.11 Å². The molecule has 0 amide bonds. The SMILES string of the molecule is Cc1nc(-c2cccc(C=NNC(N)=S)c2)cs1. The highest BCUT2D eigenvalue weighted by Gasteiger charge is 2.01. The van der Waals surface area contributed by atoms with Crippen LogP contribution in [0.1, 0.15) is 10.6 Å². The van der Waals surface area contributed by atoms with Gasteiger partial charge in [-0.15, -0.1) is 11.3 Å². The quantitative estimate of drug-likeness (QED) is 0.513. The van der Waals surface area contributed by atoms with Gasteiger partial charge in [0.1, 0.15) is 0 Å². The summed E-state index contributed by atoms with van der Waals surface area (Å²) in [5.74, 6) is 0. The van der Waals surface area contributed by atoms with Crippen LogP contribution in [0.2, 0.25) is 0 Å². The smallest absolute Gasteiger partial charge is 0.184 e. The van der Waals surface area contributed by atoms with Crippen molar-refractivity contribution in [1.82, 2.24) is 10.4 Å². The van der Waals surface area contributed by atoms with Crippen LogP contribution in [0, 0.1) is 6.92 Å². The normalized spacial score (nSPS) is 10.7. The van der Waals surface area contributed by atoms with E-state index in [2.05, 4.69) is 27.7 Å². The van der Waals surface area contributed by atoms with Crippen molar-refractivity contribution in [2.24, 2.45) is 10.8 Å². The molecular formula is C12H12N4S2. The minimum absolute atomic E-state index is 0.150. The Balaban J connectivity index is 2.20. The Morgan fingerprint density at radius 1 is 1.56 bits per heavy atom. The molecule has 0 aliphatic rings. The molecule has 4 nitrogen and oxygen atoms in total. The van der Waals surface area contributed by atoms with Crippen molar-refractivity contribution in [3.8, 4) is 11.3 Å². The van der Waals surface area contributed by atoms with Gasteiger partial charge in [0.2, 0.25) is 0 Å². The van der Waals surface area contributed by atoms with Crippen LogP contribution in [-0.4, -0.2) is 16.3 Å². The molecule has 0 fully saturated rings. The second kappa shape index (κ2) is 5.70. The number of nitrogens with zero attached hydrogens (tertiary/aromatic N) is 2. The van der Waals surface area contributed by atoms with E-state index in [1.165, 1.54) is 0 Å². The van der Waals surface area contributed by atoms with Gasteiger partial charge in [0, 0.05) is 10.9 Å². The van der Waals surface area contributed by atoms with Gasteiger partial charge in [-0.25, -0.2) is 4.98 Å². The number of nitrogens with one attached hydrogen (secondary N) is 1. The Bertz CT molecular complexity index is 589. The van der Waals surface area contributed by atoms with Crippen LogP contribution in [0.15, 0.2) is 34.7 Å². The lowest BCUT2D eigenvalue weighted by Crippen LogP contribution is -2.23. The van der Waals surface area contributed by atoms with E-state index in [4.69, 9.17) is 5.73 Å². The molecule has 0 aliphatic carbocycles. The van der Waals surface area contributed by atoms with Crippen molar-refractivity contribution >= 4 is 34.9 Å². The molecule has 1 aromatic heterocycles. The number of rotatable bonds is 3. The molecule has 2 aromatic rings. The van der Waals surface area contributed by atoms with Crippen LogP contribution in [0.25, 0.3) is 11.3 Å². The van der Waals surface area contributed by atoms with Crippen molar-refractivity contribution in [2.45, 2.75) is 6.92 Å². The van der Waals surface area contributed by atoms with E-state index >= 15 is 0 Å². The maximum absolute atomic E-state index is 5.28. The summed E-state index contributed by atoms with van der Waals surface area (Å²) in [4.78, 5) is 4.45. The molecule has 0 radical (unpaired) electrons. The molecule has 1 aromatic carbocycles. The summed E-state index contributed by atoms with van der Waals surface area (Å²) >= 11 is 6.30. The maximum atomic E-state index is 5.28. The third-order valence-electron chi connectivity index (χ3n) is 2.19. The van der Waals surface area contributed by atoms with Crippen LogP contribution in [0.4, 0.5) is 0 Å². The second-order valence-corrected chi connectivity index (χ2v) is 5.11. The van der Waals surface area contributed by atoms with E-state index < -0.39 is 0 Å². The van der Waals surface area contributed by atoms with Crippen molar-refractivity contribution < 1.29 is 0 Å². The standard InChI is InChI=1S/C12H12N4S2/c1-8-15-11(7-18-8)10-4-2-3-9(5-10)6-14-16-12(13)17/h2-7H,1H3,(H3,13,16,17). The van der Waals surface area contributed by atoms with Crippen LogP contribution in [0.3, 0.4) is 0 Å². The van der Waals surface area contributed by atoms with Crippen LogP contribution >= 0.6 is 23.6 Å². The zero-order valence-electron chi connectivity index (χ0n) is 9.75. The summed E-state index contributed by atoms with van der Waals surface area (Å²) in [5.41, 5.74) is 10.8. The number of aryl methyl sites for hydroxylation is 1. The Morgan fingerprint density at radius 2 is 2.39 bits per heavy atom. The molecule has 0 bridgehead atoms. The molecule has 2 rings (SSSR count). The lowest BCUT2D eigenvalue weighted by atomic mass is 10.1. The second-order valence-electron chi connectivity index (χ2n) is 3.61. The monoisotopic (exact) mass is 276 g/mol. The summed E-state index contributed by atoms with van der Waals surface area (Å²) in [6.45, 7) is 1.99. The first-order valence-corrected chi connectivity index (χ1v) is 6.55. The molecular weight excluding hydrogens is 264 g/mol. The Hall–Kier alpha value is -1.79.